The summed E-state index contributed by atoms with van der Waals surface area (Å²) >= 11 is 0. The van der Waals surface area contributed by atoms with Crippen molar-refractivity contribution in [2.75, 3.05) is 13.2 Å². The van der Waals surface area contributed by atoms with Gasteiger partial charge in [-0.15, -0.1) is 0 Å². The number of phenols is 1. The van der Waals surface area contributed by atoms with Gasteiger partial charge in [-0.05, 0) is 19.9 Å². The van der Waals surface area contributed by atoms with Crippen LogP contribution in [0, 0.1) is 6.92 Å². The van der Waals surface area contributed by atoms with Crippen LogP contribution in [-0.2, 0) is 16.1 Å². The normalized spacial score (nSPS) is 10.1. The van der Waals surface area contributed by atoms with Crippen LogP contribution in [0.2, 0.25) is 0 Å². The van der Waals surface area contributed by atoms with Gasteiger partial charge in [0.2, 0.25) is 0 Å². The maximum atomic E-state index is 11.0. The lowest BCUT2D eigenvalue weighted by atomic mass is 10.1. The van der Waals surface area contributed by atoms with Crippen molar-refractivity contribution >= 4 is 5.97 Å². The van der Waals surface area contributed by atoms with E-state index >= 15 is 0 Å². The molecule has 0 aromatic heterocycles. The molecule has 0 spiro atoms. The molecule has 0 atom stereocenters. The summed E-state index contributed by atoms with van der Waals surface area (Å²) in [7, 11) is 0. The minimum atomic E-state index is -0.283. The van der Waals surface area contributed by atoms with Gasteiger partial charge in [-0.3, -0.25) is 4.79 Å². The van der Waals surface area contributed by atoms with E-state index in [1.807, 2.05) is 19.1 Å². The highest BCUT2D eigenvalue weighted by Crippen LogP contribution is 2.17. The fourth-order valence-electron chi connectivity index (χ4n) is 1.37. The standard InChI is InChI=1S/C12H17NO3/c1-3-16-12(15)8-13-7-10-6-9(2)4-5-11(10)14/h4-6,13-14H,3,7-8H2,1-2H3. The van der Waals surface area contributed by atoms with Crippen molar-refractivity contribution in [2.45, 2.75) is 20.4 Å². The van der Waals surface area contributed by atoms with E-state index in [1.54, 1.807) is 13.0 Å². The zero-order chi connectivity index (χ0) is 12.0. The molecule has 0 heterocycles. The molecule has 1 aromatic carbocycles. The van der Waals surface area contributed by atoms with Gasteiger partial charge in [0.15, 0.2) is 0 Å². The van der Waals surface area contributed by atoms with Crippen molar-refractivity contribution in [1.82, 2.24) is 5.32 Å². The summed E-state index contributed by atoms with van der Waals surface area (Å²) in [5.74, 6) is -0.0448. The summed E-state index contributed by atoms with van der Waals surface area (Å²) < 4.78 is 4.77. The Balaban J connectivity index is 2.42. The highest BCUT2D eigenvalue weighted by molar-refractivity contribution is 5.71. The third-order valence-electron chi connectivity index (χ3n) is 2.13. The minimum Gasteiger partial charge on any atom is -0.508 e. The zero-order valence-electron chi connectivity index (χ0n) is 9.62. The molecular formula is C12H17NO3. The van der Waals surface area contributed by atoms with Crippen molar-refractivity contribution in [1.29, 1.82) is 0 Å². The Morgan fingerprint density at radius 1 is 1.50 bits per heavy atom. The summed E-state index contributed by atoms with van der Waals surface area (Å²) in [4.78, 5) is 11.0. The number of rotatable bonds is 5. The molecule has 1 aromatic rings. The van der Waals surface area contributed by atoms with Crippen molar-refractivity contribution in [3.63, 3.8) is 0 Å². The fraction of sp³-hybridized carbons (Fsp3) is 0.417. The predicted octanol–water partition coefficient (Wildman–Crippen LogP) is 1.35. The Morgan fingerprint density at radius 2 is 2.25 bits per heavy atom. The molecule has 0 amide bonds. The first kappa shape index (κ1) is 12.5. The van der Waals surface area contributed by atoms with Crippen LogP contribution in [0.4, 0.5) is 0 Å². The van der Waals surface area contributed by atoms with Crippen LogP contribution in [0.1, 0.15) is 18.1 Å². The monoisotopic (exact) mass is 223 g/mol. The van der Waals surface area contributed by atoms with Gasteiger partial charge in [0.05, 0.1) is 13.2 Å². The molecule has 0 fully saturated rings. The number of carbonyl (C=O) groups excluding carboxylic acids is 1. The van der Waals surface area contributed by atoms with Gasteiger partial charge in [-0.2, -0.15) is 0 Å². The number of benzene rings is 1. The molecule has 0 saturated carbocycles. The molecule has 4 nitrogen and oxygen atoms in total. The molecule has 0 unspecified atom stereocenters. The van der Waals surface area contributed by atoms with E-state index in [-0.39, 0.29) is 18.3 Å². The van der Waals surface area contributed by atoms with Crippen molar-refractivity contribution in [3.05, 3.63) is 29.3 Å². The average Bonchev–Trinajstić information content (AvgIpc) is 2.23. The largest absolute Gasteiger partial charge is 0.508 e. The van der Waals surface area contributed by atoms with E-state index in [9.17, 15) is 9.90 Å². The van der Waals surface area contributed by atoms with Crippen LogP contribution in [0.5, 0.6) is 5.75 Å². The minimum absolute atomic E-state index is 0.154. The second kappa shape index (κ2) is 6.12. The van der Waals surface area contributed by atoms with Crippen LogP contribution < -0.4 is 5.32 Å². The molecule has 16 heavy (non-hydrogen) atoms. The third-order valence-corrected chi connectivity index (χ3v) is 2.13. The lowest BCUT2D eigenvalue weighted by Gasteiger charge is -2.07. The second-order valence-corrected chi connectivity index (χ2v) is 3.54. The van der Waals surface area contributed by atoms with Crippen LogP contribution in [0.25, 0.3) is 0 Å². The Labute approximate surface area is 95.2 Å². The molecule has 0 bridgehead atoms. The molecule has 1 rings (SSSR count). The smallest absolute Gasteiger partial charge is 0.319 e. The molecule has 0 radical (unpaired) electrons. The van der Waals surface area contributed by atoms with Crippen LogP contribution in [0.15, 0.2) is 18.2 Å². The van der Waals surface area contributed by atoms with Gasteiger partial charge in [0, 0.05) is 12.1 Å². The quantitative estimate of drug-likeness (QED) is 0.740. The lowest BCUT2D eigenvalue weighted by Crippen LogP contribution is -2.24. The first-order valence-electron chi connectivity index (χ1n) is 5.28. The summed E-state index contributed by atoms with van der Waals surface area (Å²) in [5.41, 5.74) is 1.86. The Bertz CT molecular complexity index is 363. The average molecular weight is 223 g/mol. The van der Waals surface area contributed by atoms with Crippen LogP contribution in [-0.4, -0.2) is 24.2 Å². The fourth-order valence-corrected chi connectivity index (χ4v) is 1.37. The summed E-state index contributed by atoms with van der Waals surface area (Å²) in [6, 6.07) is 5.37. The number of hydrogen-bond acceptors (Lipinski definition) is 4. The van der Waals surface area contributed by atoms with Gasteiger partial charge < -0.3 is 15.2 Å². The highest BCUT2D eigenvalue weighted by atomic mass is 16.5. The number of nitrogens with one attached hydrogen (secondary N) is 1. The Morgan fingerprint density at radius 3 is 2.94 bits per heavy atom. The number of aromatic hydroxyl groups is 1. The van der Waals surface area contributed by atoms with E-state index < -0.39 is 0 Å². The second-order valence-electron chi connectivity index (χ2n) is 3.54. The number of phenolic OH excluding ortho intramolecular Hbond substituents is 1. The first-order chi connectivity index (χ1) is 7.63. The molecular weight excluding hydrogens is 206 g/mol. The number of carbonyl (C=O) groups is 1. The molecule has 0 aliphatic carbocycles. The summed E-state index contributed by atoms with van der Waals surface area (Å²) in [6.45, 7) is 4.71. The highest BCUT2D eigenvalue weighted by Gasteiger charge is 2.03. The SMILES string of the molecule is CCOC(=O)CNCc1cc(C)ccc1O. The van der Waals surface area contributed by atoms with Crippen molar-refractivity contribution in [2.24, 2.45) is 0 Å². The van der Waals surface area contributed by atoms with E-state index in [2.05, 4.69) is 5.32 Å². The third kappa shape index (κ3) is 3.90. The van der Waals surface area contributed by atoms with Gasteiger partial charge in [-0.25, -0.2) is 0 Å². The summed E-state index contributed by atoms with van der Waals surface area (Å²) in [5, 5.41) is 12.5. The summed E-state index contributed by atoms with van der Waals surface area (Å²) in [6.07, 6.45) is 0. The maximum absolute atomic E-state index is 11.0. The van der Waals surface area contributed by atoms with Gasteiger partial charge in [-0.1, -0.05) is 17.7 Å². The zero-order valence-corrected chi connectivity index (χ0v) is 9.62. The maximum Gasteiger partial charge on any atom is 0.319 e. The Hall–Kier alpha value is -1.55. The van der Waals surface area contributed by atoms with Crippen molar-refractivity contribution in [3.8, 4) is 5.75 Å². The topological polar surface area (TPSA) is 58.6 Å². The molecule has 0 aliphatic heterocycles. The lowest BCUT2D eigenvalue weighted by molar-refractivity contribution is -0.142. The molecule has 2 N–H and O–H groups in total. The Kier molecular flexibility index (Phi) is 4.79. The van der Waals surface area contributed by atoms with E-state index in [1.165, 1.54) is 0 Å². The first-order valence-corrected chi connectivity index (χ1v) is 5.28. The molecule has 0 saturated heterocycles. The molecule has 4 heteroatoms. The molecule has 0 aliphatic rings. The van der Waals surface area contributed by atoms with Crippen LogP contribution >= 0.6 is 0 Å². The van der Waals surface area contributed by atoms with E-state index in [4.69, 9.17) is 4.74 Å². The molecule has 88 valence electrons. The van der Waals surface area contributed by atoms with Gasteiger partial charge in [0.25, 0.3) is 0 Å². The number of ether oxygens (including phenoxy) is 1. The van der Waals surface area contributed by atoms with Crippen molar-refractivity contribution < 1.29 is 14.6 Å². The number of aryl methyl sites for hydroxylation is 1. The number of hydrogen-bond donors (Lipinski definition) is 2. The van der Waals surface area contributed by atoms with Gasteiger partial charge in [0.1, 0.15) is 5.75 Å². The number of esters is 1. The van der Waals surface area contributed by atoms with Crippen LogP contribution in [0.3, 0.4) is 0 Å². The van der Waals surface area contributed by atoms with E-state index in [0.717, 1.165) is 11.1 Å². The van der Waals surface area contributed by atoms with E-state index in [0.29, 0.717) is 13.2 Å². The predicted molar refractivity (Wildman–Crippen MR) is 61.2 cm³/mol. The van der Waals surface area contributed by atoms with Gasteiger partial charge >= 0.3 is 5.97 Å².